The van der Waals surface area contributed by atoms with E-state index in [1.807, 2.05) is 6.07 Å². The lowest BCUT2D eigenvalue weighted by Gasteiger charge is -2.08. The van der Waals surface area contributed by atoms with E-state index in [4.69, 9.17) is 9.84 Å². The molecule has 1 heterocycles. The van der Waals surface area contributed by atoms with Gasteiger partial charge in [0, 0.05) is 24.8 Å². The Morgan fingerprint density at radius 2 is 2.11 bits per heavy atom. The minimum absolute atomic E-state index is 0.252. The number of carboxylic acids is 1. The first-order chi connectivity index (χ1) is 9.02. The maximum absolute atomic E-state index is 12.1. The van der Waals surface area contributed by atoms with Crippen LogP contribution in [0.2, 0.25) is 0 Å². The van der Waals surface area contributed by atoms with Crippen molar-refractivity contribution < 1.29 is 14.6 Å². The summed E-state index contributed by atoms with van der Waals surface area (Å²) in [5.41, 5.74) is 0.817. The van der Waals surface area contributed by atoms with Crippen LogP contribution < -0.4 is 10.3 Å². The molecule has 2 rings (SSSR count). The molecule has 0 atom stereocenters. The summed E-state index contributed by atoms with van der Waals surface area (Å²) in [5.74, 6) is -0.423. The average Bonchev–Trinajstić information content (AvgIpc) is 2.40. The SMILES string of the molecule is COc1ccc2cc(/C=C/C(=O)O)c(=O)n(C)c2c1. The molecule has 1 aromatic carbocycles. The number of hydrogen-bond acceptors (Lipinski definition) is 3. The zero-order valence-corrected chi connectivity index (χ0v) is 10.6. The molecule has 0 bridgehead atoms. The number of aliphatic carboxylic acids is 1. The third-order valence-corrected chi connectivity index (χ3v) is 2.87. The van der Waals surface area contributed by atoms with Crippen molar-refractivity contribution in [3.63, 3.8) is 0 Å². The summed E-state index contributed by atoms with van der Waals surface area (Å²) in [5, 5.41) is 9.45. The number of nitrogens with zero attached hydrogens (tertiary/aromatic N) is 1. The number of ether oxygens (including phenoxy) is 1. The second kappa shape index (κ2) is 4.97. The predicted octanol–water partition coefficient (Wildman–Crippen LogP) is 1.64. The Labute approximate surface area is 109 Å². The van der Waals surface area contributed by atoms with Gasteiger partial charge in [-0.05, 0) is 29.7 Å². The quantitative estimate of drug-likeness (QED) is 0.851. The molecule has 0 fully saturated rings. The summed E-state index contributed by atoms with van der Waals surface area (Å²) >= 11 is 0. The van der Waals surface area contributed by atoms with E-state index >= 15 is 0 Å². The van der Waals surface area contributed by atoms with Gasteiger partial charge in [-0.2, -0.15) is 0 Å². The second-order valence-corrected chi connectivity index (χ2v) is 4.06. The normalized spacial score (nSPS) is 11.1. The van der Waals surface area contributed by atoms with Crippen LogP contribution in [0.25, 0.3) is 17.0 Å². The van der Waals surface area contributed by atoms with Gasteiger partial charge in [0.2, 0.25) is 0 Å². The van der Waals surface area contributed by atoms with E-state index in [-0.39, 0.29) is 5.56 Å². The number of aromatic nitrogens is 1. The van der Waals surface area contributed by atoms with Crippen molar-refractivity contribution in [1.82, 2.24) is 4.57 Å². The average molecular weight is 259 g/mol. The number of aryl methyl sites for hydroxylation is 1. The number of fused-ring (bicyclic) bond motifs is 1. The van der Waals surface area contributed by atoms with Crippen LogP contribution in [0.4, 0.5) is 0 Å². The molecule has 0 aliphatic rings. The molecule has 0 spiro atoms. The molecule has 0 radical (unpaired) electrons. The Kier molecular flexibility index (Phi) is 3.37. The van der Waals surface area contributed by atoms with Gasteiger partial charge in [-0.15, -0.1) is 0 Å². The van der Waals surface area contributed by atoms with Crippen LogP contribution in [0.15, 0.2) is 35.1 Å². The maximum atomic E-state index is 12.1. The van der Waals surface area contributed by atoms with Crippen LogP contribution in [0, 0.1) is 0 Å². The molecule has 0 saturated heterocycles. The van der Waals surface area contributed by atoms with Crippen molar-refractivity contribution >= 4 is 22.9 Å². The summed E-state index contributed by atoms with van der Waals surface area (Å²) < 4.78 is 6.59. The minimum Gasteiger partial charge on any atom is -0.497 e. The number of rotatable bonds is 3. The Balaban J connectivity index is 2.68. The first kappa shape index (κ1) is 12.9. The highest BCUT2D eigenvalue weighted by Crippen LogP contribution is 2.20. The highest BCUT2D eigenvalue weighted by molar-refractivity contribution is 5.87. The van der Waals surface area contributed by atoms with Crippen molar-refractivity contribution in [2.75, 3.05) is 7.11 Å². The molecule has 1 N–H and O–H groups in total. The van der Waals surface area contributed by atoms with Crippen molar-refractivity contribution in [1.29, 1.82) is 0 Å². The van der Waals surface area contributed by atoms with Gasteiger partial charge in [0.1, 0.15) is 5.75 Å². The number of pyridine rings is 1. The summed E-state index contributed by atoms with van der Waals surface area (Å²) in [6.45, 7) is 0. The fourth-order valence-corrected chi connectivity index (χ4v) is 1.88. The summed E-state index contributed by atoms with van der Waals surface area (Å²) in [7, 11) is 3.20. The van der Waals surface area contributed by atoms with E-state index in [1.54, 1.807) is 32.4 Å². The predicted molar refractivity (Wildman–Crippen MR) is 72.4 cm³/mol. The molecule has 0 unspecified atom stereocenters. The molecule has 2 aromatic rings. The van der Waals surface area contributed by atoms with Crippen molar-refractivity contribution in [3.8, 4) is 5.75 Å². The lowest BCUT2D eigenvalue weighted by molar-refractivity contribution is -0.131. The number of benzene rings is 1. The molecule has 1 aromatic heterocycles. The van der Waals surface area contributed by atoms with Crippen molar-refractivity contribution in [2.24, 2.45) is 7.05 Å². The van der Waals surface area contributed by atoms with Gasteiger partial charge in [0.25, 0.3) is 5.56 Å². The molecule has 0 saturated carbocycles. The molecule has 0 amide bonds. The molecular formula is C14H13NO4. The van der Waals surface area contributed by atoms with Gasteiger partial charge in [-0.25, -0.2) is 4.79 Å². The van der Waals surface area contributed by atoms with Gasteiger partial charge in [-0.3, -0.25) is 4.79 Å². The summed E-state index contributed by atoms with van der Waals surface area (Å²) in [4.78, 5) is 22.6. The van der Waals surface area contributed by atoms with Crippen LogP contribution in [0.5, 0.6) is 5.75 Å². The first-order valence-corrected chi connectivity index (χ1v) is 5.61. The van der Waals surface area contributed by atoms with Gasteiger partial charge in [0.15, 0.2) is 0 Å². The standard InChI is InChI=1S/C14H13NO4/c1-15-12-8-11(19-2)5-3-9(12)7-10(14(15)18)4-6-13(16)17/h3-8H,1-2H3,(H,16,17)/b6-4+. The van der Waals surface area contributed by atoms with Gasteiger partial charge in [-0.1, -0.05) is 0 Å². The topological polar surface area (TPSA) is 68.5 Å². The molecule has 0 aliphatic heterocycles. The Morgan fingerprint density at radius 1 is 1.37 bits per heavy atom. The van der Waals surface area contributed by atoms with Crippen LogP contribution in [0.1, 0.15) is 5.56 Å². The van der Waals surface area contributed by atoms with Gasteiger partial charge >= 0.3 is 5.97 Å². The largest absolute Gasteiger partial charge is 0.497 e. The summed E-state index contributed by atoms with van der Waals surface area (Å²) in [6, 6.07) is 7.04. The molecule has 0 aliphatic carbocycles. The first-order valence-electron chi connectivity index (χ1n) is 5.61. The number of carboxylic acid groups (broad SMARTS) is 1. The van der Waals surface area contributed by atoms with Gasteiger partial charge < -0.3 is 14.4 Å². The Hall–Kier alpha value is -2.56. The lowest BCUT2D eigenvalue weighted by atomic mass is 10.1. The highest BCUT2D eigenvalue weighted by atomic mass is 16.5. The van der Waals surface area contributed by atoms with Crippen LogP contribution in [-0.4, -0.2) is 22.8 Å². The number of methoxy groups -OCH3 is 1. The van der Waals surface area contributed by atoms with Crippen molar-refractivity contribution in [2.45, 2.75) is 0 Å². The van der Waals surface area contributed by atoms with Crippen LogP contribution >= 0.6 is 0 Å². The molecule has 19 heavy (non-hydrogen) atoms. The Bertz CT molecular complexity index is 728. The molecule has 5 nitrogen and oxygen atoms in total. The minimum atomic E-state index is -1.09. The fraction of sp³-hybridized carbons (Fsp3) is 0.143. The van der Waals surface area contributed by atoms with Crippen LogP contribution in [-0.2, 0) is 11.8 Å². The third kappa shape index (κ3) is 2.49. The van der Waals surface area contributed by atoms with E-state index in [1.165, 1.54) is 10.6 Å². The van der Waals surface area contributed by atoms with E-state index in [2.05, 4.69) is 0 Å². The zero-order chi connectivity index (χ0) is 14.0. The second-order valence-electron chi connectivity index (χ2n) is 4.06. The third-order valence-electron chi connectivity index (χ3n) is 2.87. The number of hydrogen-bond donors (Lipinski definition) is 1. The van der Waals surface area contributed by atoms with E-state index in [0.717, 1.165) is 17.0 Å². The maximum Gasteiger partial charge on any atom is 0.328 e. The fourth-order valence-electron chi connectivity index (χ4n) is 1.88. The highest BCUT2D eigenvalue weighted by Gasteiger charge is 2.06. The zero-order valence-electron chi connectivity index (χ0n) is 10.6. The van der Waals surface area contributed by atoms with Crippen molar-refractivity contribution in [3.05, 3.63) is 46.3 Å². The smallest absolute Gasteiger partial charge is 0.328 e. The van der Waals surface area contributed by atoms with E-state index < -0.39 is 5.97 Å². The molecule has 5 heteroatoms. The van der Waals surface area contributed by atoms with Gasteiger partial charge in [0.05, 0.1) is 12.6 Å². The lowest BCUT2D eigenvalue weighted by Crippen LogP contribution is -2.19. The van der Waals surface area contributed by atoms with E-state index in [0.29, 0.717) is 11.3 Å². The molecule has 98 valence electrons. The Morgan fingerprint density at radius 3 is 2.74 bits per heavy atom. The summed E-state index contributed by atoms with van der Waals surface area (Å²) in [6.07, 6.45) is 2.25. The number of carbonyl (C=O) groups is 1. The van der Waals surface area contributed by atoms with E-state index in [9.17, 15) is 9.59 Å². The van der Waals surface area contributed by atoms with Crippen LogP contribution in [0.3, 0.4) is 0 Å². The molecular weight excluding hydrogens is 246 g/mol. The monoisotopic (exact) mass is 259 g/mol.